The van der Waals surface area contributed by atoms with E-state index >= 15 is 0 Å². The molecule has 0 unspecified atom stereocenters. The van der Waals surface area contributed by atoms with E-state index in [-0.39, 0.29) is 10.5 Å². The summed E-state index contributed by atoms with van der Waals surface area (Å²) in [4.78, 5) is 0.156. The standard InChI is InChI=1S/C15H18N2O2S/c16-9-14-3-1-2-4-15(14)20(18,19)17(10-12-5-6-12)11-13-7-8-13/h1-4,12-13H,5-8,10-11H2. The van der Waals surface area contributed by atoms with Crippen LogP contribution in [0.25, 0.3) is 0 Å². The van der Waals surface area contributed by atoms with Crippen LogP contribution in [-0.2, 0) is 10.0 Å². The minimum absolute atomic E-state index is 0.156. The predicted molar refractivity (Wildman–Crippen MR) is 75.4 cm³/mol. The normalized spacial score (nSPS) is 19.0. The van der Waals surface area contributed by atoms with Gasteiger partial charge in [-0.15, -0.1) is 0 Å². The Balaban J connectivity index is 1.91. The van der Waals surface area contributed by atoms with Crippen molar-refractivity contribution in [2.75, 3.05) is 13.1 Å². The average Bonchev–Trinajstić information content (AvgIpc) is 3.33. The van der Waals surface area contributed by atoms with Crippen LogP contribution in [0, 0.1) is 23.2 Å². The van der Waals surface area contributed by atoms with Gasteiger partial charge in [-0.1, -0.05) is 12.1 Å². The summed E-state index contributed by atoms with van der Waals surface area (Å²) in [7, 11) is -3.54. The maximum Gasteiger partial charge on any atom is 0.244 e. The van der Waals surface area contributed by atoms with E-state index in [1.54, 1.807) is 28.6 Å². The third kappa shape index (κ3) is 2.87. The maximum absolute atomic E-state index is 12.8. The molecule has 4 nitrogen and oxygen atoms in total. The van der Waals surface area contributed by atoms with E-state index < -0.39 is 10.0 Å². The van der Waals surface area contributed by atoms with Crippen molar-refractivity contribution in [2.45, 2.75) is 30.6 Å². The molecule has 0 spiro atoms. The minimum Gasteiger partial charge on any atom is -0.207 e. The fourth-order valence-electron chi connectivity index (χ4n) is 2.37. The molecule has 2 saturated carbocycles. The predicted octanol–water partition coefficient (Wildman–Crippen LogP) is 2.37. The zero-order chi connectivity index (χ0) is 14.2. The Morgan fingerprint density at radius 2 is 1.65 bits per heavy atom. The molecule has 106 valence electrons. The van der Waals surface area contributed by atoms with Crippen LogP contribution in [0.15, 0.2) is 29.2 Å². The first-order valence-electron chi connectivity index (χ1n) is 7.10. The fourth-order valence-corrected chi connectivity index (χ4v) is 4.11. The number of benzene rings is 1. The van der Waals surface area contributed by atoms with Crippen molar-refractivity contribution in [3.8, 4) is 6.07 Å². The molecule has 2 fully saturated rings. The maximum atomic E-state index is 12.8. The molecule has 3 rings (SSSR count). The van der Waals surface area contributed by atoms with E-state index in [1.807, 2.05) is 6.07 Å². The van der Waals surface area contributed by atoms with Gasteiger partial charge in [0, 0.05) is 13.1 Å². The van der Waals surface area contributed by atoms with E-state index in [0.717, 1.165) is 25.7 Å². The summed E-state index contributed by atoms with van der Waals surface area (Å²) in [5, 5.41) is 9.12. The van der Waals surface area contributed by atoms with E-state index in [1.165, 1.54) is 0 Å². The Kier molecular flexibility index (Phi) is 3.53. The second kappa shape index (κ2) is 5.19. The van der Waals surface area contributed by atoms with Crippen molar-refractivity contribution in [2.24, 2.45) is 11.8 Å². The summed E-state index contributed by atoms with van der Waals surface area (Å²) in [6.45, 7) is 1.22. The molecule has 1 aromatic rings. The molecule has 0 atom stereocenters. The molecule has 0 aromatic heterocycles. The average molecular weight is 290 g/mol. The van der Waals surface area contributed by atoms with Crippen LogP contribution in [0.5, 0.6) is 0 Å². The zero-order valence-electron chi connectivity index (χ0n) is 11.3. The second-order valence-electron chi connectivity index (χ2n) is 5.82. The van der Waals surface area contributed by atoms with Crippen molar-refractivity contribution in [1.29, 1.82) is 5.26 Å². The number of hydrogen-bond acceptors (Lipinski definition) is 3. The molecule has 0 N–H and O–H groups in total. The Labute approximate surface area is 120 Å². The van der Waals surface area contributed by atoms with Crippen molar-refractivity contribution in [1.82, 2.24) is 4.31 Å². The molecule has 2 aliphatic carbocycles. The van der Waals surface area contributed by atoms with Gasteiger partial charge in [0.25, 0.3) is 0 Å². The lowest BCUT2D eigenvalue weighted by Gasteiger charge is -2.22. The number of rotatable bonds is 6. The molecular formula is C15H18N2O2S. The monoisotopic (exact) mass is 290 g/mol. The van der Waals surface area contributed by atoms with Gasteiger partial charge < -0.3 is 0 Å². The van der Waals surface area contributed by atoms with Gasteiger partial charge in [0.2, 0.25) is 10.0 Å². The first-order valence-corrected chi connectivity index (χ1v) is 8.54. The molecule has 0 radical (unpaired) electrons. The highest BCUT2D eigenvalue weighted by molar-refractivity contribution is 7.89. The lowest BCUT2D eigenvalue weighted by molar-refractivity contribution is 0.382. The van der Waals surface area contributed by atoms with Crippen LogP contribution in [-0.4, -0.2) is 25.8 Å². The Hall–Kier alpha value is -1.38. The summed E-state index contributed by atoms with van der Waals surface area (Å²) in [6, 6.07) is 8.48. The molecule has 1 aromatic carbocycles. The van der Waals surface area contributed by atoms with Crippen molar-refractivity contribution < 1.29 is 8.42 Å². The molecule has 2 aliphatic rings. The van der Waals surface area contributed by atoms with Crippen LogP contribution in [0.3, 0.4) is 0 Å². The molecular weight excluding hydrogens is 272 g/mol. The third-order valence-corrected chi connectivity index (χ3v) is 5.83. The zero-order valence-corrected chi connectivity index (χ0v) is 12.1. The van der Waals surface area contributed by atoms with Crippen molar-refractivity contribution in [3.05, 3.63) is 29.8 Å². The van der Waals surface area contributed by atoms with E-state index in [2.05, 4.69) is 0 Å². The highest BCUT2D eigenvalue weighted by atomic mass is 32.2. The van der Waals surface area contributed by atoms with E-state index in [4.69, 9.17) is 5.26 Å². The molecule has 20 heavy (non-hydrogen) atoms. The number of nitrogens with zero attached hydrogens (tertiary/aromatic N) is 2. The smallest absolute Gasteiger partial charge is 0.207 e. The third-order valence-electron chi connectivity index (χ3n) is 3.94. The Bertz CT molecular complexity index is 626. The molecule has 0 amide bonds. The van der Waals surface area contributed by atoms with Gasteiger partial charge in [-0.3, -0.25) is 0 Å². The highest BCUT2D eigenvalue weighted by Gasteiger charge is 2.36. The largest absolute Gasteiger partial charge is 0.244 e. The molecule has 0 saturated heterocycles. The van der Waals surface area contributed by atoms with Crippen LogP contribution < -0.4 is 0 Å². The summed E-state index contributed by atoms with van der Waals surface area (Å²) in [5.41, 5.74) is 0.240. The Morgan fingerprint density at radius 3 is 2.15 bits per heavy atom. The minimum atomic E-state index is -3.54. The van der Waals surface area contributed by atoms with Gasteiger partial charge in [0.15, 0.2) is 0 Å². The molecule has 0 heterocycles. The number of hydrogen-bond donors (Lipinski definition) is 0. The van der Waals surface area contributed by atoms with Crippen LogP contribution >= 0.6 is 0 Å². The number of nitriles is 1. The first kappa shape index (κ1) is 13.6. The number of sulfonamides is 1. The molecule has 5 heteroatoms. The lowest BCUT2D eigenvalue weighted by Crippen LogP contribution is -2.35. The summed E-state index contributed by atoms with van der Waals surface area (Å²) in [5.74, 6) is 1.02. The summed E-state index contributed by atoms with van der Waals surface area (Å²) in [6.07, 6.45) is 4.49. The fraction of sp³-hybridized carbons (Fsp3) is 0.533. The quantitative estimate of drug-likeness (QED) is 0.808. The van der Waals surface area contributed by atoms with Gasteiger partial charge >= 0.3 is 0 Å². The van der Waals surface area contributed by atoms with Gasteiger partial charge in [0.05, 0.1) is 10.5 Å². The van der Waals surface area contributed by atoms with Crippen LogP contribution in [0.4, 0.5) is 0 Å². The van der Waals surface area contributed by atoms with Gasteiger partial charge in [-0.05, 0) is 49.7 Å². The summed E-state index contributed by atoms with van der Waals surface area (Å²) >= 11 is 0. The van der Waals surface area contributed by atoms with Gasteiger partial charge in [-0.25, -0.2) is 8.42 Å². The molecule has 0 aliphatic heterocycles. The SMILES string of the molecule is N#Cc1ccccc1S(=O)(=O)N(CC1CC1)CC1CC1. The van der Waals surface area contributed by atoms with E-state index in [0.29, 0.717) is 24.9 Å². The van der Waals surface area contributed by atoms with Crippen LogP contribution in [0.2, 0.25) is 0 Å². The topological polar surface area (TPSA) is 61.2 Å². The van der Waals surface area contributed by atoms with Gasteiger partial charge in [0.1, 0.15) is 6.07 Å². The van der Waals surface area contributed by atoms with E-state index in [9.17, 15) is 8.42 Å². The molecule has 0 bridgehead atoms. The first-order chi connectivity index (χ1) is 9.61. The van der Waals surface area contributed by atoms with Crippen LogP contribution in [0.1, 0.15) is 31.2 Å². The van der Waals surface area contributed by atoms with Gasteiger partial charge in [-0.2, -0.15) is 9.57 Å². The van der Waals surface area contributed by atoms with Crippen molar-refractivity contribution in [3.63, 3.8) is 0 Å². The highest BCUT2D eigenvalue weighted by Crippen LogP contribution is 2.36. The van der Waals surface area contributed by atoms with Crippen molar-refractivity contribution >= 4 is 10.0 Å². The second-order valence-corrected chi connectivity index (χ2v) is 7.72. The summed E-state index contributed by atoms with van der Waals surface area (Å²) < 4.78 is 27.2. The Morgan fingerprint density at radius 1 is 1.10 bits per heavy atom. The lowest BCUT2D eigenvalue weighted by atomic mass is 10.2.